The van der Waals surface area contributed by atoms with Crippen LogP contribution >= 0.6 is 11.3 Å². The molecule has 0 aliphatic carbocycles. The van der Waals surface area contributed by atoms with Crippen LogP contribution < -0.4 is 0 Å². The van der Waals surface area contributed by atoms with E-state index in [0.29, 0.717) is 24.3 Å². The smallest absolute Gasteiger partial charge is 0.348 e. The van der Waals surface area contributed by atoms with E-state index < -0.39 is 6.10 Å². The van der Waals surface area contributed by atoms with E-state index in [2.05, 4.69) is 0 Å². The van der Waals surface area contributed by atoms with Gasteiger partial charge in [-0.05, 0) is 43.4 Å². The third-order valence-corrected chi connectivity index (χ3v) is 6.45. The Kier molecular flexibility index (Phi) is 8.22. The van der Waals surface area contributed by atoms with E-state index in [4.69, 9.17) is 4.74 Å². The lowest BCUT2D eigenvalue weighted by atomic mass is 9.99. The van der Waals surface area contributed by atoms with Crippen molar-refractivity contribution in [3.05, 3.63) is 69.9 Å². The number of carbonyl (C=O) groups excluding carboxylic acids is 2. The number of aliphatic hydroxyl groups is 1. The standard InChI is InChI=1S/C24H29NO4S/c1-29-24(28)22-15-14-21(30-22)10-6-16-25-19(9-5-11-23(25)27)12-13-20(26)17-18-7-3-2-4-8-18/h2-4,7-8,12-15,19-20,26H,5-6,9-11,16-17H2,1H3. The second kappa shape index (κ2) is 11.1. The number of rotatable bonds is 9. The SMILES string of the molecule is COC(=O)c1ccc(CCCN2C(=O)CCCC2C=CC(O)Cc2ccccc2)s1. The predicted molar refractivity (Wildman–Crippen MR) is 119 cm³/mol. The Balaban J connectivity index is 1.53. The first-order valence-electron chi connectivity index (χ1n) is 10.4. The first kappa shape index (κ1) is 22.2. The van der Waals surface area contributed by atoms with Crippen LogP contribution in [0.2, 0.25) is 0 Å². The van der Waals surface area contributed by atoms with Gasteiger partial charge in [0.2, 0.25) is 5.91 Å². The molecule has 1 amide bonds. The van der Waals surface area contributed by atoms with Crippen molar-refractivity contribution in [1.29, 1.82) is 0 Å². The van der Waals surface area contributed by atoms with Crippen molar-refractivity contribution in [2.75, 3.05) is 13.7 Å². The molecule has 6 heteroatoms. The molecule has 2 unspecified atom stereocenters. The maximum atomic E-state index is 12.5. The molecule has 3 rings (SSSR count). The van der Waals surface area contributed by atoms with E-state index in [0.717, 1.165) is 36.1 Å². The summed E-state index contributed by atoms with van der Waals surface area (Å²) in [6.45, 7) is 0.675. The maximum absolute atomic E-state index is 12.5. The zero-order chi connectivity index (χ0) is 21.3. The molecule has 0 saturated carbocycles. The van der Waals surface area contributed by atoms with E-state index >= 15 is 0 Å². The lowest BCUT2D eigenvalue weighted by Gasteiger charge is -2.34. The highest BCUT2D eigenvalue weighted by Gasteiger charge is 2.26. The van der Waals surface area contributed by atoms with Gasteiger partial charge in [-0.1, -0.05) is 42.5 Å². The van der Waals surface area contributed by atoms with Crippen molar-refractivity contribution in [3.8, 4) is 0 Å². The minimum absolute atomic E-state index is 0.0330. The lowest BCUT2D eigenvalue weighted by Crippen LogP contribution is -2.43. The predicted octanol–water partition coefficient (Wildman–Crippen LogP) is 4.01. The number of aryl methyl sites for hydroxylation is 1. The van der Waals surface area contributed by atoms with Crippen LogP contribution in [0.3, 0.4) is 0 Å². The number of piperidine rings is 1. The van der Waals surface area contributed by atoms with E-state index in [1.807, 2.05) is 53.5 Å². The molecule has 1 aromatic carbocycles. The van der Waals surface area contributed by atoms with Gasteiger partial charge in [-0.25, -0.2) is 4.79 Å². The summed E-state index contributed by atoms with van der Waals surface area (Å²) in [4.78, 5) is 27.7. The maximum Gasteiger partial charge on any atom is 0.348 e. The number of carbonyl (C=O) groups is 2. The van der Waals surface area contributed by atoms with Crippen LogP contribution in [-0.2, 0) is 22.4 Å². The first-order valence-corrected chi connectivity index (χ1v) is 11.3. The molecule has 2 heterocycles. The van der Waals surface area contributed by atoms with E-state index in [1.54, 1.807) is 6.07 Å². The van der Waals surface area contributed by atoms with Crippen LogP contribution in [0.1, 0.15) is 45.8 Å². The second-order valence-corrected chi connectivity index (χ2v) is 8.72. The Bertz CT molecular complexity index is 861. The molecule has 1 aromatic heterocycles. The van der Waals surface area contributed by atoms with Gasteiger partial charge >= 0.3 is 5.97 Å². The highest BCUT2D eigenvalue weighted by molar-refractivity contribution is 7.13. The Morgan fingerprint density at radius 2 is 2.10 bits per heavy atom. The summed E-state index contributed by atoms with van der Waals surface area (Å²) in [5.41, 5.74) is 1.09. The van der Waals surface area contributed by atoms with Crippen molar-refractivity contribution in [3.63, 3.8) is 0 Å². The zero-order valence-corrected chi connectivity index (χ0v) is 18.1. The van der Waals surface area contributed by atoms with E-state index in [9.17, 15) is 14.7 Å². The summed E-state index contributed by atoms with van der Waals surface area (Å²) in [7, 11) is 1.38. The van der Waals surface area contributed by atoms with Crippen LogP contribution in [0.25, 0.3) is 0 Å². The molecule has 0 radical (unpaired) electrons. The fourth-order valence-corrected chi connectivity index (χ4v) is 4.73. The highest BCUT2D eigenvalue weighted by atomic mass is 32.1. The van der Waals surface area contributed by atoms with Gasteiger partial charge in [-0.2, -0.15) is 0 Å². The minimum atomic E-state index is -0.561. The Morgan fingerprint density at radius 3 is 2.87 bits per heavy atom. The van der Waals surface area contributed by atoms with Crippen molar-refractivity contribution in [1.82, 2.24) is 4.90 Å². The molecular formula is C24H29NO4S. The number of esters is 1. The van der Waals surface area contributed by atoms with Crippen LogP contribution in [0.4, 0.5) is 0 Å². The number of amides is 1. The molecule has 1 aliphatic rings. The molecular weight excluding hydrogens is 398 g/mol. The normalized spacial score (nSPS) is 18.0. The summed E-state index contributed by atoms with van der Waals surface area (Å²) in [6.07, 6.45) is 7.87. The topological polar surface area (TPSA) is 66.8 Å². The van der Waals surface area contributed by atoms with Crippen molar-refractivity contribution >= 4 is 23.2 Å². The Hall–Kier alpha value is -2.44. The van der Waals surface area contributed by atoms with Crippen molar-refractivity contribution < 1.29 is 19.4 Å². The molecule has 2 aromatic rings. The summed E-state index contributed by atoms with van der Waals surface area (Å²) in [6, 6.07) is 13.7. The number of benzene rings is 1. The molecule has 1 aliphatic heterocycles. The second-order valence-electron chi connectivity index (χ2n) is 7.55. The average Bonchev–Trinajstić information content (AvgIpc) is 3.23. The number of hydrogen-bond donors (Lipinski definition) is 1. The molecule has 30 heavy (non-hydrogen) atoms. The van der Waals surface area contributed by atoms with Crippen LogP contribution in [0.15, 0.2) is 54.6 Å². The van der Waals surface area contributed by atoms with Gasteiger partial charge in [0.15, 0.2) is 0 Å². The fraction of sp³-hybridized carbons (Fsp3) is 0.417. The number of methoxy groups -OCH3 is 1. The molecule has 0 spiro atoms. The van der Waals surface area contributed by atoms with Gasteiger partial charge in [0.1, 0.15) is 4.88 Å². The Morgan fingerprint density at radius 1 is 1.30 bits per heavy atom. The monoisotopic (exact) mass is 427 g/mol. The number of aliphatic hydroxyl groups excluding tert-OH is 1. The Labute approximate surface area is 182 Å². The number of likely N-dealkylation sites (tertiary alicyclic amines) is 1. The van der Waals surface area contributed by atoms with Crippen molar-refractivity contribution in [2.45, 2.75) is 50.7 Å². The minimum Gasteiger partial charge on any atom is -0.465 e. The average molecular weight is 428 g/mol. The third kappa shape index (κ3) is 6.28. The lowest BCUT2D eigenvalue weighted by molar-refractivity contribution is -0.135. The van der Waals surface area contributed by atoms with Gasteiger partial charge in [-0.15, -0.1) is 11.3 Å². The zero-order valence-electron chi connectivity index (χ0n) is 17.3. The summed E-state index contributed by atoms with van der Waals surface area (Å²) in [5, 5.41) is 10.4. The van der Waals surface area contributed by atoms with E-state index in [-0.39, 0.29) is 17.9 Å². The third-order valence-electron chi connectivity index (χ3n) is 5.32. The number of thiophene rings is 1. The van der Waals surface area contributed by atoms with Gasteiger partial charge in [0, 0.05) is 24.3 Å². The van der Waals surface area contributed by atoms with Crippen LogP contribution in [0.5, 0.6) is 0 Å². The number of nitrogens with zero attached hydrogens (tertiary/aromatic N) is 1. The first-order chi connectivity index (χ1) is 14.6. The largest absolute Gasteiger partial charge is 0.465 e. The molecule has 5 nitrogen and oxygen atoms in total. The molecule has 1 fully saturated rings. The quantitative estimate of drug-likeness (QED) is 0.485. The van der Waals surface area contributed by atoms with Gasteiger partial charge in [-0.3, -0.25) is 4.79 Å². The van der Waals surface area contributed by atoms with Gasteiger partial charge < -0.3 is 14.7 Å². The summed E-state index contributed by atoms with van der Waals surface area (Å²) < 4.78 is 4.75. The number of hydrogen-bond acceptors (Lipinski definition) is 5. The highest BCUT2D eigenvalue weighted by Crippen LogP contribution is 2.22. The molecule has 0 bridgehead atoms. The molecule has 1 N–H and O–H groups in total. The van der Waals surface area contributed by atoms with Gasteiger partial charge in [0.05, 0.1) is 19.3 Å². The summed E-state index contributed by atoms with van der Waals surface area (Å²) in [5.74, 6) is -0.133. The van der Waals surface area contributed by atoms with Crippen LogP contribution in [0, 0.1) is 0 Å². The van der Waals surface area contributed by atoms with Gasteiger partial charge in [0.25, 0.3) is 0 Å². The molecule has 2 atom stereocenters. The van der Waals surface area contributed by atoms with Crippen LogP contribution in [-0.4, -0.2) is 47.7 Å². The van der Waals surface area contributed by atoms with E-state index in [1.165, 1.54) is 18.4 Å². The summed E-state index contributed by atoms with van der Waals surface area (Å²) >= 11 is 1.44. The fourth-order valence-electron chi connectivity index (χ4n) is 3.76. The molecule has 1 saturated heterocycles. The number of ether oxygens (including phenoxy) is 1. The van der Waals surface area contributed by atoms with Crippen molar-refractivity contribution in [2.24, 2.45) is 0 Å². The molecule has 160 valence electrons.